The van der Waals surface area contributed by atoms with Gasteiger partial charge in [0.2, 0.25) is 0 Å². The molecule has 0 amide bonds. The van der Waals surface area contributed by atoms with E-state index in [2.05, 4.69) is 10.1 Å². The molecule has 94 valence electrons. The fourth-order valence-electron chi connectivity index (χ4n) is 2.39. The van der Waals surface area contributed by atoms with Crippen molar-refractivity contribution < 1.29 is 14.1 Å². The lowest BCUT2D eigenvalue weighted by molar-refractivity contribution is 0.0527. The molecule has 5 heteroatoms. The average molecular weight is 246 g/mol. The molecule has 0 bridgehead atoms. The second-order valence-corrected chi connectivity index (χ2v) is 4.31. The molecule has 0 aromatic carbocycles. The highest BCUT2D eigenvalue weighted by Crippen LogP contribution is 2.35. The normalized spacial score (nSPS) is 13.6. The lowest BCUT2D eigenvalue weighted by Gasteiger charge is -2.02. The molecule has 1 N–H and O–H groups in total. The molecular formula is C13H14N2O3. The van der Waals surface area contributed by atoms with Crippen molar-refractivity contribution >= 4 is 5.97 Å². The van der Waals surface area contributed by atoms with Gasteiger partial charge in [-0.05, 0) is 26.2 Å². The van der Waals surface area contributed by atoms with Gasteiger partial charge < -0.3 is 14.2 Å². The molecule has 0 aliphatic heterocycles. The summed E-state index contributed by atoms with van der Waals surface area (Å²) in [5.74, 6) is 0.381. The van der Waals surface area contributed by atoms with E-state index in [9.17, 15) is 4.79 Å². The maximum atomic E-state index is 11.9. The van der Waals surface area contributed by atoms with E-state index >= 15 is 0 Å². The number of rotatable bonds is 2. The first-order valence-corrected chi connectivity index (χ1v) is 6.12. The summed E-state index contributed by atoms with van der Waals surface area (Å²) >= 11 is 0. The predicted octanol–water partition coefficient (Wildman–Crippen LogP) is 2.34. The van der Waals surface area contributed by atoms with E-state index in [4.69, 9.17) is 9.26 Å². The van der Waals surface area contributed by atoms with Crippen molar-refractivity contribution in [2.75, 3.05) is 6.61 Å². The van der Waals surface area contributed by atoms with Crippen LogP contribution < -0.4 is 0 Å². The Bertz CT molecular complexity index is 583. The molecule has 5 nitrogen and oxygen atoms in total. The second-order valence-electron chi connectivity index (χ2n) is 4.31. The van der Waals surface area contributed by atoms with Gasteiger partial charge in [-0.2, -0.15) is 0 Å². The van der Waals surface area contributed by atoms with E-state index in [0.29, 0.717) is 17.9 Å². The van der Waals surface area contributed by atoms with Crippen molar-refractivity contribution in [2.24, 2.45) is 0 Å². The monoisotopic (exact) mass is 246 g/mol. The predicted molar refractivity (Wildman–Crippen MR) is 64.3 cm³/mol. The number of nitrogens with zero attached hydrogens (tertiary/aromatic N) is 1. The molecule has 18 heavy (non-hydrogen) atoms. The van der Waals surface area contributed by atoms with E-state index in [1.165, 1.54) is 0 Å². The number of esters is 1. The van der Waals surface area contributed by atoms with E-state index in [0.717, 1.165) is 36.1 Å². The first-order chi connectivity index (χ1) is 8.81. The molecule has 2 aromatic heterocycles. The van der Waals surface area contributed by atoms with Crippen molar-refractivity contribution in [3.8, 4) is 11.3 Å². The fraction of sp³-hybridized carbons (Fsp3) is 0.385. The van der Waals surface area contributed by atoms with Crippen molar-refractivity contribution in [1.82, 2.24) is 10.1 Å². The van der Waals surface area contributed by atoms with Gasteiger partial charge in [0.25, 0.3) is 0 Å². The lowest BCUT2D eigenvalue weighted by atomic mass is 10.1. The first kappa shape index (κ1) is 11.1. The molecule has 3 rings (SSSR count). The lowest BCUT2D eigenvalue weighted by Crippen LogP contribution is -2.05. The summed E-state index contributed by atoms with van der Waals surface area (Å²) in [4.78, 5) is 15.1. The van der Waals surface area contributed by atoms with E-state index in [-0.39, 0.29) is 5.97 Å². The van der Waals surface area contributed by atoms with Crippen LogP contribution in [0, 0.1) is 0 Å². The van der Waals surface area contributed by atoms with Crippen molar-refractivity contribution in [3.63, 3.8) is 0 Å². The highest BCUT2D eigenvalue weighted by atomic mass is 16.5. The Labute approximate surface area is 104 Å². The standard InChI is InChI=1S/C13H14N2O3/c1-2-17-13(16)9-7-14-10-5-3-4-8-6-15-18-12(8)11(9)10/h6-7,14H,2-5H2,1H3. The number of aromatic nitrogens is 2. The Morgan fingerprint density at radius 1 is 1.56 bits per heavy atom. The molecule has 2 heterocycles. The third-order valence-corrected chi connectivity index (χ3v) is 3.20. The highest BCUT2D eigenvalue weighted by Gasteiger charge is 2.26. The molecule has 1 aliphatic rings. The van der Waals surface area contributed by atoms with Crippen LogP contribution in [-0.2, 0) is 17.6 Å². The van der Waals surface area contributed by atoms with Gasteiger partial charge in [-0.1, -0.05) is 5.16 Å². The molecule has 0 saturated carbocycles. The molecule has 1 aliphatic carbocycles. The number of carbonyl (C=O) groups excluding carboxylic acids is 1. The van der Waals surface area contributed by atoms with Gasteiger partial charge in [0.15, 0.2) is 5.76 Å². The number of ether oxygens (including phenoxy) is 1. The molecular weight excluding hydrogens is 232 g/mol. The Hall–Kier alpha value is -2.04. The van der Waals surface area contributed by atoms with Crippen molar-refractivity contribution in [2.45, 2.75) is 26.2 Å². The van der Waals surface area contributed by atoms with Crippen molar-refractivity contribution in [1.29, 1.82) is 0 Å². The van der Waals surface area contributed by atoms with Gasteiger partial charge in [0.05, 0.1) is 23.9 Å². The summed E-state index contributed by atoms with van der Waals surface area (Å²) in [6, 6.07) is 0. The Balaban J connectivity index is 2.13. The Morgan fingerprint density at radius 2 is 2.44 bits per heavy atom. The maximum Gasteiger partial charge on any atom is 0.340 e. The minimum Gasteiger partial charge on any atom is -0.462 e. The van der Waals surface area contributed by atoms with Gasteiger partial charge in [0.1, 0.15) is 0 Å². The molecule has 0 unspecified atom stereocenters. The number of carbonyl (C=O) groups is 1. The minimum absolute atomic E-state index is 0.320. The number of hydrogen-bond donors (Lipinski definition) is 1. The van der Waals surface area contributed by atoms with Crippen LogP contribution in [-0.4, -0.2) is 22.7 Å². The largest absolute Gasteiger partial charge is 0.462 e. The number of aryl methyl sites for hydroxylation is 2. The number of fused-ring (bicyclic) bond motifs is 3. The quantitative estimate of drug-likeness (QED) is 0.826. The summed E-state index contributed by atoms with van der Waals surface area (Å²) in [6.45, 7) is 2.16. The molecule has 0 saturated heterocycles. The van der Waals surface area contributed by atoms with Crippen LogP contribution in [0.1, 0.15) is 35.0 Å². The molecule has 2 aromatic rings. The SMILES string of the molecule is CCOC(=O)c1c[nH]c2c1-c1oncc1CCC2. The molecule has 0 fully saturated rings. The van der Waals surface area contributed by atoms with Crippen LogP contribution in [0.3, 0.4) is 0 Å². The fourth-order valence-corrected chi connectivity index (χ4v) is 2.39. The van der Waals surface area contributed by atoms with Crippen LogP contribution in [0.5, 0.6) is 0 Å². The van der Waals surface area contributed by atoms with Crippen LogP contribution in [0.25, 0.3) is 11.3 Å². The van der Waals surface area contributed by atoms with Gasteiger partial charge in [-0.3, -0.25) is 0 Å². The third kappa shape index (κ3) is 1.63. The number of aromatic amines is 1. The first-order valence-electron chi connectivity index (χ1n) is 6.12. The zero-order chi connectivity index (χ0) is 12.5. The Morgan fingerprint density at radius 3 is 3.28 bits per heavy atom. The van der Waals surface area contributed by atoms with Gasteiger partial charge in [0, 0.05) is 17.5 Å². The summed E-state index contributed by atoms with van der Waals surface area (Å²) in [6.07, 6.45) is 6.26. The molecule has 0 radical (unpaired) electrons. The molecule has 0 spiro atoms. The van der Waals surface area contributed by atoms with E-state index in [1.807, 2.05) is 0 Å². The minimum atomic E-state index is -0.320. The molecule has 0 atom stereocenters. The van der Waals surface area contributed by atoms with Crippen LogP contribution in [0.2, 0.25) is 0 Å². The topological polar surface area (TPSA) is 68.1 Å². The van der Waals surface area contributed by atoms with Crippen LogP contribution >= 0.6 is 0 Å². The number of H-pyrrole nitrogens is 1. The summed E-state index contributed by atoms with van der Waals surface area (Å²) in [7, 11) is 0. The number of hydrogen-bond acceptors (Lipinski definition) is 4. The van der Waals surface area contributed by atoms with Crippen LogP contribution in [0.15, 0.2) is 16.9 Å². The van der Waals surface area contributed by atoms with Gasteiger partial charge >= 0.3 is 5.97 Å². The summed E-state index contributed by atoms with van der Waals surface area (Å²) < 4.78 is 10.4. The smallest absolute Gasteiger partial charge is 0.340 e. The summed E-state index contributed by atoms with van der Waals surface area (Å²) in [5.41, 5.74) is 3.43. The average Bonchev–Trinajstić information content (AvgIpc) is 2.93. The van der Waals surface area contributed by atoms with Crippen LogP contribution in [0.4, 0.5) is 0 Å². The highest BCUT2D eigenvalue weighted by molar-refractivity contribution is 5.97. The Kier molecular flexibility index (Phi) is 2.66. The summed E-state index contributed by atoms with van der Waals surface area (Å²) in [5, 5.41) is 3.83. The van der Waals surface area contributed by atoms with E-state index in [1.54, 1.807) is 19.3 Å². The van der Waals surface area contributed by atoms with Gasteiger partial charge in [-0.15, -0.1) is 0 Å². The maximum absolute atomic E-state index is 11.9. The van der Waals surface area contributed by atoms with Gasteiger partial charge in [-0.25, -0.2) is 4.79 Å². The van der Waals surface area contributed by atoms with E-state index < -0.39 is 0 Å². The zero-order valence-electron chi connectivity index (χ0n) is 10.2. The van der Waals surface area contributed by atoms with Crippen molar-refractivity contribution in [3.05, 3.63) is 29.2 Å². The number of nitrogens with one attached hydrogen (secondary N) is 1. The zero-order valence-corrected chi connectivity index (χ0v) is 10.2. The second kappa shape index (κ2) is 4.33. The third-order valence-electron chi connectivity index (χ3n) is 3.20.